The van der Waals surface area contributed by atoms with E-state index in [2.05, 4.69) is 15.9 Å². The van der Waals surface area contributed by atoms with Crippen LogP contribution in [0.3, 0.4) is 0 Å². The lowest BCUT2D eigenvalue weighted by molar-refractivity contribution is 0.0309. The topological polar surface area (TPSA) is 0 Å². The lowest BCUT2D eigenvalue weighted by Crippen LogP contribution is -2.21. The van der Waals surface area contributed by atoms with E-state index in [0.29, 0.717) is 5.39 Å². The van der Waals surface area contributed by atoms with Gasteiger partial charge in [-0.15, -0.1) is 0 Å². The van der Waals surface area contributed by atoms with Crippen molar-refractivity contribution in [3.05, 3.63) is 48.0 Å². The molecule has 0 N–H and O–H groups in total. The van der Waals surface area contributed by atoms with Crippen molar-refractivity contribution in [3.63, 3.8) is 0 Å². The zero-order chi connectivity index (χ0) is 11.8. The highest BCUT2D eigenvalue weighted by Crippen LogP contribution is 2.42. The van der Waals surface area contributed by atoms with E-state index in [1.54, 1.807) is 36.4 Å². The predicted octanol–water partition coefficient (Wildman–Crippen LogP) is 4.62. The molecule has 0 aliphatic rings. The molecule has 1 unspecified atom stereocenters. The van der Waals surface area contributed by atoms with Gasteiger partial charge in [-0.05, 0) is 26.7 Å². The van der Waals surface area contributed by atoms with Crippen molar-refractivity contribution in [2.24, 2.45) is 0 Å². The van der Waals surface area contributed by atoms with Crippen LogP contribution in [0.2, 0.25) is 0 Å². The highest BCUT2D eigenvalue weighted by atomic mass is 79.9. The fourth-order valence-corrected chi connectivity index (χ4v) is 1.98. The van der Waals surface area contributed by atoms with Crippen molar-refractivity contribution < 1.29 is 13.2 Å². The molecule has 0 bridgehead atoms. The van der Waals surface area contributed by atoms with Crippen LogP contribution in [0.1, 0.15) is 5.56 Å². The van der Waals surface area contributed by atoms with Gasteiger partial charge in [-0.3, -0.25) is 0 Å². The quantitative estimate of drug-likeness (QED) is 0.707. The van der Waals surface area contributed by atoms with E-state index in [-0.39, 0.29) is 5.56 Å². The Morgan fingerprint density at radius 3 is 2.31 bits per heavy atom. The summed E-state index contributed by atoms with van der Waals surface area (Å²) in [6.07, 6.45) is -3.11. The van der Waals surface area contributed by atoms with E-state index in [4.69, 9.17) is 0 Å². The molecule has 0 spiro atoms. The lowest BCUT2D eigenvalue weighted by atomic mass is 10.0. The van der Waals surface area contributed by atoms with Crippen LogP contribution in [-0.2, 0) is 4.58 Å². The maximum Gasteiger partial charge on any atom is 0.286 e. The lowest BCUT2D eigenvalue weighted by Gasteiger charge is -2.19. The first-order valence-corrected chi connectivity index (χ1v) is 5.47. The Morgan fingerprint density at radius 2 is 1.62 bits per heavy atom. The number of hydrogen-bond donors (Lipinski definition) is 0. The third-order valence-electron chi connectivity index (χ3n) is 2.42. The predicted molar refractivity (Wildman–Crippen MR) is 61.7 cm³/mol. The molecule has 0 radical (unpaired) electrons. The summed E-state index contributed by atoms with van der Waals surface area (Å²) >= 11 is 2.46. The van der Waals surface area contributed by atoms with E-state index >= 15 is 0 Å². The second-order valence-corrected chi connectivity index (χ2v) is 4.60. The van der Waals surface area contributed by atoms with Crippen LogP contribution < -0.4 is 0 Å². The molecule has 16 heavy (non-hydrogen) atoms. The van der Waals surface area contributed by atoms with Gasteiger partial charge in [0.2, 0.25) is 0 Å². The Balaban J connectivity index is 2.70. The molecule has 0 amide bonds. The van der Waals surface area contributed by atoms with Gasteiger partial charge in [-0.25, -0.2) is 13.2 Å². The summed E-state index contributed by atoms with van der Waals surface area (Å²) in [6, 6.07) is 11.5. The van der Waals surface area contributed by atoms with Crippen molar-refractivity contribution in [3.8, 4) is 0 Å². The van der Waals surface area contributed by atoms with Gasteiger partial charge in [0.05, 0.1) is 0 Å². The van der Waals surface area contributed by atoms with Gasteiger partial charge in [0.15, 0.2) is 0 Å². The molecule has 0 nitrogen and oxygen atoms in total. The third kappa shape index (κ3) is 1.82. The number of halogens is 4. The molecule has 1 atom stereocenters. The van der Waals surface area contributed by atoms with Gasteiger partial charge in [-0.2, -0.15) is 0 Å². The molecule has 0 aliphatic carbocycles. The summed E-state index contributed by atoms with van der Waals surface area (Å²) in [4.78, 5) is 0. The first-order chi connectivity index (χ1) is 7.53. The monoisotopic (exact) mass is 288 g/mol. The average Bonchev–Trinajstić information content (AvgIpc) is 2.28. The second kappa shape index (κ2) is 4.09. The molecular formula is C12H8BrF3. The average molecular weight is 289 g/mol. The maximum atomic E-state index is 13.8. The van der Waals surface area contributed by atoms with E-state index in [1.807, 2.05) is 0 Å². The Kier molecular flexibility index (Phi) is 2.93. The standard InChI is InChI=1S/C12H8BrF3/c13-12(16,11(14)15)10-7-3-5-8-4-1-2-6-9(8)10/h1-7,11H. The maximum absolute atomic E-state index is 13.8. The molecule has 2 aromatic rings. The van der Waals surface area contributed by atoms with Crippen molar-refractivity contribution in [1.82, 2.24) is 0 Å². The van der Waals surface area contributed by atoms with Crippen LogP contribution in [0.4, 0.5) is 13.2 Å². The van der Waals surface area contributed by atoms with Crippen LogP contribution in [0, 0.1) is 0 Å². The molecule has 0 saturated carbocycles. The Bertz CT molecular complexity index is 503. The van der Waals surface area contributed by atoms with E-state index in [9.17, 15) is 13.2 Å². The first-order valence-electron chi connectivity index (χ1n) is 4.67. The number of fused-ring (bicyclic) bond motifs is 1. The van der Waals surface area contributed by atoms with Crippen molar-refractivity contribution in [1.29, 1.82) is 0 Å². The normalized spacial score (nSPS) is 15.3. The van der Waals surface area contributed by atoms with E-state index in [1.165, 1.54) is 6.07 Å². The Hall–Kier alpha value is -1.03. The molecule has 0 aliphatic heterocycles. The van der Waals surface area contributed by atoms with Crippen LogP contribution in [-0.4, -0.2) is 6.43 Å². The molecular weight excluding hydrogens is 281 g/mol. The first kappa shape index (κ1) is 11.5. The molecule has 2 rings (SSSR count). The Morgan fingerprint density at radius 1 is 1.00 bits per heavy atom. The van der Waals surface area contributed by atoms with E-state index in [0.717, 1.165) is 5.39 Å². The minimum absolute atomic E-state index is 0.0411. The molecule has 4 heteroatoms. The molecule has 2 aromatic carbocycles. The minimum atomic E-state index is -3.11. The second-order valence-electron chi connectivity index (χ2n) is 3.45. The summed E-state index contributed by atoms with van der Waals surface area (Å²) < 4.78 is 36.3. The Labute approximate surface area is 99.2 Å². The van der Waals surface area contributed by atoms with Crippen LogP contribution >= 0.6 is 15.9 Å². The van der Waals surface area contributed by atoms with Crippen molar-refractivity contribution >= 4 is 26.7 Å². The van der Waals surface area contributed by atoms with Gasteiger partial charge < -0.3 is 0 Å². The highest BCUT2D eigenvalue weighted by Gasteiger charge is 2.40. The molecule has 0 fully saturated rings. The zero-order valence-corrected chi connectivity index (χ0v) is 9.72. The number of hydrogen-bond acceptors (Lipinski definition) is 0. The smallest absolute Gasteiger partial charge is 0.220 e. The van der Waals surface area contributed by atoms with Crippen LogP contribution in [0.25, 0.3) is 10.8 Å². The number of benzene rings is 2. The molecule has 0 saturated heterocycles. The number of alkyl halides is 4. The molecule has 84 valence electrons. The molecule has 0 heterocycles. The van der Waals surface area contributed by atoms with E-state index < -0.39 is 11.0 Å². The van der Waals surface area contributed by atoms with Crippen LogP contribution in [0.5, 0.6) is 0 Å². The summed E-state index contributed by atoms with van der Waals surface area (Å²) in [5, 5.41) is 1.23. The van der Waals surface area contributed by atoms with Crippen LogP contribution in [0.15, 0.2) is 42.5 Å². The fraction of sp³-hybridized carbons (Fsp3) is 0.167. The largest absolute Gasteiger partial charge is 0.286 e. The minimum Gasteiger partial charge on any atom is -0.220 e. The third-order valence-corrected chi connectivity index (χ3v) is 3.20. The molecule has 0 aromatic heterocycles. The van der Waals surface area contributed by atoms with Gasteiger partial charge in [-0.1, -0.05) is 42.5 Å². The highest BCUT2D eigenvalue weighted by molar-refractivity contribution is 9.09. The van der Waals surface area contributed by atoms with Gasteiger partial charge in [0, 0.05) is 5.56 Å². The zero-order valence-electron chi connectivity index (χ0n) is 8.13. The summed E-state index contributed by atoms with van der Waals surface area (Å²) in [7, 11) is 0. The summed E-state index contributed by atoms with van der Waals surface area (Å²) in [5.74, 6) is 0. The fourth-order valence-electron chi connectivity index (χ4n) is 1.63. The number of rotatable bonds is 2. The van der Waals surface area contributed by atoms with Crippen molar-refractivity contribution in [2.75, 3.05) is 0 Å². The van der Waals surface area contributed by atoms with Gasteiger partial charge in [0.1, 0.15) is 0 Å². The summed E-state index contributed by atoms with van der Waals surface area (Å²) in [5.41, 5.74) is -0.0411. The van der Waals surface area contributed by atoms with Gasteiger partial charge in [0.25, 0.3) is 11.0 Å². The SMILES string of the molecule is FC(F)C(F)(Br)c1cccc2ccccc12. The van der Waals surface area contributed by atoms with Crippen molar-refractivity contribution in [2.45, 2.75) is 11.0 Å². The van der Waals surface area contributed by atoms with Gasteiger partial charge >= 0.3 is 0 Å². The summed E-state index contributed by atoms with van der Waals surface area (Å²) in [6.45, 7) is 0.